The van der Waals surface area contributed by atoms with E-state index < -0.39 is 17.5 Å². The summed E-state index contributed by atoms with van der Waals surface area (Å²) >= 11 is 11.1. The zero-order valence-corrected chi connectivity index (χ0v) is 12.0. The number of alkyl halides is 1. The molecule has 0 radical (unpaired) electrons. The van der Waals surface area contributed by atoms with Gasteiger partial charge in [0, 0.05) is 12.4 Å². The maximum absolute atomic E-state index is 13.5. The first-order valence-corrected chi connectivity index (χ1v) is 6.89. The molecule has 1 aromatic rings. The highest BCUT2D eigenvalue weighted by Gasteiger charge is 2.16. The molecule has 1 amide bonds. The van der Waals surface area contributed by atoms with Crippen LogP contribution in [0.1, 0.15) is 30.1 Å². The predicted octanol–water partition coefficient (Wildman–Crippen LogP) is 4.00. The van der Waals surface area contributed by atoms with Crippen LogP contribution in [-0.2, 0) is 0 Å². The highest BCUT2D eigenvalue weighted by molar-refractivity contribution is 6.30. The SMILES string of the molecule is CCC(CCCl)CNC(=O)c1cc(F)c(Cl)cc1F. The molecule has 0 saturated heterocycles. The van der Waals surface area contributed by atoms with E-state index in [-0.39, 0.29) is 16.5 Å². The van der Waals surface area contributed by atoms with Gasteiger partial charge in [-0.3, -0.25) is 4.79 Å². The lowest BCUT2D eigenvalue weighted by molar-refractivity contribution is 0.0942. The third-order valence-corrected chi connectivity index (χ3v) is 3.41. The Morgan fingerprint density at radius 1 is 1.37 bits per heavy atom. The molecule has 106 valence electrons. The van der Waals surface area contributed by atoms with E-state index in [4.69, 9.17) is 23.2 Å². The molecule has 0 aliphatic heterocycles. The molecule has 0 spiro atoms. The van der Waals surface area contributed by atoms with Crippen molar-refractivity contribution in [2.24, 2.45) is 5.92 Å². The molecular weight excluding hydrogens is 295 g/mol. The highest BCUT2D eigenvalue weighted by Crippen LogP contribution is 2.19. The molecule has 1 rings (SSSR count). The number of benzene rings is 1. The molecule has 0 fully saturated rings. The zero-order chi connectivity index (χ0) is 14.4. The van der Waals surface area contributed by atoms with Gasteiger partial charge in [0.15, 0.2) is 0 Å². The number of hydrogen-bond acceptors (Lipinski definition) is 1. The average Bonchev–Trinajstić information content (AvgIpc) is 2.38. The standard InChI is InChI=1S/C13H15Cl2F2NO/c1-2-8(3-4-14)7-18-13(19)9-5-12(17)10(15)6-11(9)16/h5-6,8H,2-4,7H2,1H3,(H,18,19). The Kier molecular flexibility index (Phi) is 6.52. The van der Waals surface area contributed by atoms with Gasteiger partial charge in [-0.15, -0.1) is 11.6 Å². The summed E-state index contributed by atoms with van der Waals surface area (Å²) in [4.78, 5) is 11.8. The second-order valence-electron chi connectivity index (χ2n) is 4.21. The van der Waals surface area contributed by atoms with Gasteiger partial charge in [0.05, 0.1) is 10.6 Å². The average molecular weight is 310 g/mol. The maximum Gasteiger partial charge on any atom is 0.254 e. The van der Waals surface area contributed by atoms with Crippen LogP contribution in [0.25, 0.3) is 0 Å². The first kappa shape index (κ1) is 16.2. The van der Waals surface area contributed by atoms with E-state index in [0.717, 1.165) is 25.0 Å². The summed E-state index contributed by atoms with van der Waals surface area (Å²) in [7, 11) is 0. The Labute approximate surface area is 121 Å². The van der Waals surface area contributed by atoms with E-state index in [0.29, 0.717) is 12.4 Å². The predicted molar refractivity (Wildman–Crippen MR) is 72.8 cm³/mol. The highest BCUT2D eigenvalue weighted by atomic mass is 35.5. The van der Waals surface area contributed by atoms with Crippen LogP contribution in [0.15, 0.2) is 12.1 Å². The van der Waals surface area contributed by atoms with Crippen LogP contribution in [0.3, 0.4) is 0 Å². The third kappa shape index (κ3) is 4.62. The summed E-state index contributed by atoms with van der Waals surface area (Å²) < 4.78 is 26.7. The summed E-state index contributed by atoms with van der Waals surface area (Å²) in [5.74, 6) is -1.59. The van der Waals surface area contributed by atoms with Crippen molar-refractivity contribution in [2.45, 2.75) is 19.8 Å². The minimum atomic E-state index is -0.839. The van der Waals surface area contributed by atoms with Gasteiger partial charge in [-0.2, -0.15) is 0 Å². The van der Waals surface area contributed by atoms with Crippen molar-refractivity contribution in [3.63, 3.8) is 0 Å². The third-order valence-electron chi connectivity index (χ3n) is 2.90. The van der Waals surface area contributed by atoms with E-state index >= 15 is 0 Å². The topological polar surface area (TPSA) is 29.1 Å². The van der Waals surface area contributed by atoms with Gasteiger partial charge in [-0.25, -0.2) is 8.78 Å². The van der Waals surface area contributed by atoms with Crippen molar-refractivity contribution in [2.75, 3.05) is 12.4 Å². The van der Waals surface area contributed by atoms with Gasteiger partial charge in [-0.05, 0) is 24.5 Å². The fourth-order valence-electron chi connectivity index (χ4n) is 1.63. The smallest absolute Gasteiger partial charge is 0.254 e. The Morgan fingerprint density at radius 2 is 2.05 bits per heavy atom. The lowest BCUT2D eigenvalue weighted by Crippen LogP contribution is -2.30. The van der Waals surface area contributed by atoms with E-state index in [1.165, 1.54) is 0 Å². The second-order valence-corrected chi connectivity index (χ2v) is 4.99. The van der Waals surface area contributed by atoms with Crippen molar-refractivity contribution in [3.8, 4) is 0 Å². The largest absolute Gasteiger partial charge is 0.352 e. The molecule has 2 nitrogen and oxygen atoms in total. The van der Waals surface area contributed by atoms with Gasteiger partial charge < -0.3 is 5.32 Å². The van der Waals surface area contributed by atoms with Crippen LogP contribution >= 0.6 is 23.2 Å². The molecule has 1 N–H and O–H groups in total. The molecule has 1 unspecified atom stereocenters. The number of halogens is 4. The van der Waals surface area contributed by atoms with Crippen molar-refractivity contribution in [1.29, 1.82) is 0 Å². The minimum absolute atomic E-state index is 0.224. The van der Waals surface area contributed by atoms with Gasteiger partial charge in [-0.1, -0.05) is 24.9 Å². The molecule has 0 aliphatic rings. The molecule has 6 heteroatoms. The number of carbonyl (C=O) groups excluding carboxylic acids is 1. The van der Waals surface area contributed by atoms with Gasteiger partial charge in [0.1, 0.15) is 11.6 Å². The normalized spacial score (nSPS) is 12.3. The van der Waals surface area contributed by atoms with E-state index in [9.17, 15) is 13.6 Å². The monoisotopic (exact) mass is 309 g/mol. The second kappa shape index (κ2) is 7.65. The number of amides is 1. The number of carbonyl (C=O) groups is 1. The van der Waals surface area contributed by atoms with E-state index in [1.807, 2.05) is 6.92 Å². The van der Waals surface area contributed by atoms with Gasteiger partial charge in [0.2, 0.25) is 0 Å². The quantitative estimate of drug-likeness (QED) is 0.624. The summed E-state index contributed by atoms with van der Waals surface area (Å²) in [6, 6.07) is 1.59. The lowest BCUT2D eigenvalue weighted by Gasteiger charge is -2.14. The fourth-order valence-corrected chi connectivity index (χ4v) is 2.09. The van der Waals surface area contributed by atoms with Crippen LogP contribution < -0.4 is 5.32 Å². The lowest BCUT2D eigenvalue weighted by atomic mass is 10.0. The fraction of sp³-hybridized carbons (Fsp3) is 0.462. The molecule has 0 aromatic heterocycles. The minimum Gasteiger partial charge on any atom is -0.352 e. The van der Waals surface area contributed by atoms with E-state index in [2.05, 4.69) is 5.32 Å². The molecule has 0 saturated carbocycles. The van der Waals surface area contributed by atoms with Crippen LogP contribution in [0.5, 0.6) is 0 Å². The van der Waals surface area contributed by atoms with Crippen LogP contribution in [-0.4, -0.2) is 18.3 Å². The molecule has 0 bridgehead atoms. The summed E-state index contributed by atoms with van der Waals surface area (Å²) in [5.41, 5.74) is -0.345. The van der Waals surface area contributed by atoms with Crippen molar-refractivity contribution < 1.29 is 13.6 Å². The first-order valence-electron chi connectivity index (χ1n) is 5.98. The van der Waals surface area contributed by atoms with Crippen molar-refractivity contribution >= 4 is 29.1 Å². The van der Waals surface area contributed by atoms with Crippen LogP contribution in [0.4, 0.5) is 8.78 Å². The van der Waals surface area contributed by atoms with Crippen LogP contribution in [0, 0.1) is 17.6 Å². The van der Waals surface area contributed by atoms with Gasteiger partial charge in [0.25, 0.3) is 5.91 Å². The number of hydrogen-bond donors (Lipinski definition) is 1. The molecule has 0 heterocycles. The Morgan fingerprint density at radius 3 is 2.63 bits per heavy atom. The molecular formula is C13H15Cl2F2NO. The molecule has 1 atom stereocenters. The number of rotatable bonds is 6. The van der Waals surface area contributed by atoms with Crippen molar-refractivity contribution in [3.05, 3.63) is 34.4 Å². The molecule has 0 aliphatic carbocycles. The molecule has 1 aromatic carbocycles. The number of nitrogens with one attached hydrogen (secondary N) is 1. The summed E-state index contributed by atoms with van der Waals surface area (Å²) in [6.07, 6.45) is 1.61. The van der Waals surface area contributed by atoms with E-state index in [1.54, 1.807) is 0 Å². The first-order chi connectivity index (χ1) is 8.99. The Bertz CT molecular complexity index is 455. The zero-order valence-electron chi connectivity index (χ0n) is 10.5. The van der Waals surface area contributed by atoms with Crippen LogP contribution in [0.2, 0.25) is 5.02 Å². The summed E-state index contributed by atoms with van der Waals surface area (Å²) in [5, 5.41) is 2.23. The Balaban J connectivity index is 2.70. The molecule has 19 heavy (non-hydrogen) atoms. The Hall–Kier alpha value is -0.870. The van der Waals surface area contributed by atoms with Gasteiger partial charge >= 0.3 is 0 Å². The van der Waals surface area contributed by atoms with Crippen molar-refractivity contribution in [1.82, 2.24) is 5.32 Å². The maximum atomic E-state index is 13.5. The summed E-state index contributed by atoms with van der Waals surface area (Å²) in [6.45, 7) is 2.36.